The number of methoxy groups -OCH3 is 1. The van der Waals surface area contributed by atoms with Gasteiger partial charge in [0, 0.05) is 18.9 Å². The van der Waals surface area contributed by atoms with Crippen molar-refractivity contribution in [3.8, 4) is 17.2 Å². The number of benzene rings is 2. The summed E-state index contributed by atoms with van der Waals surface area (Å²) >= 11 is 0. The molecule has 0 saturated carbocycles. The lowest BCUT2D eigenvalue weighted by Gasteiger charge is -2.31. The fourth-order valence-corrected chi connectivity index (χ4v) is 4.07. The fourth-order valence-electron chi connectivity index (χ4n) is 4.07. The van der Waals surface area contributed by atoms with Gasteiger partial charge in [0.1, 0.15) is 18.3 Å². The predicted octanol–water partition coefficient (Wildman–Crippen LogP) is 1.67. The zero-order chi connectivity index (χ0) is 22.1. The second-order valence-corrected chi connectivity index (χ2v) is 7.84. The number of hydrazine groups is 1. The molecule has 3 heterocycles. The number of nitrogens with zero attached hydrogens (tertiary/aromatic N) is 2. The molecule has 2 aromatic carbocycles. The first-order chi connectivity index (χ1) is 15.6. The van der Waals surface area contributed by atoms with Gasteiger partial charge < -0.3 is 29.4 Å². The van der Waals surface area contributed by atoms with Crippen LogP contribution < -0.4 is 25.0 Å². The molecule has 0 aliphatic carbocycles. The van der Waals surface area contributed by atoms with Crippen LogP contribution in [0.1, 0.15) is 23.6 Å². The monoisotopic (exact) mass is 436 g/mol. The summed E-state index contributed by atoms with van der Waals surface area (Å²) in [7, 11) is 1.61. The van der Waals surface area contributed by atoms with Gasteiger partial charge in [-0.25, -0.2) is 5.43 Å². The normalized spacial score (nSPS) is 21.0. The van der Waals surface area contributed by atoms with Crippen LogP contribution in [0.25, 0.3) is 0 Å². The summed E-state index contributed by atoms with van der Waals surface area (Å²) in [6, 6.07) is 12.9. The zero-order valence-corrected chi connectivity index (χ0v) is 17.6. The van der Waals surface area contributed by atoms with Crippen LogP contribution in [0.4, 0.5) is 0 Å². The number of ether oxygens (including phenoxy) is 3. The molecule has 1 saturated heterocycles. The van der Waals surface area contributed by atoms with Crippen LogP contribution in [0.2, 0.25) is 0 Å². The number of carbonyl (C=O) groups is 2. The van der Waals surface area contributed by atoms with E-state index in [9.17, 15) is 9.59 Å². The Balaban J connectivity index is 1.17. The topological polar surface area (TPSA) is 92.4 Å². The Morgan fingerprint density at radius 1 is 1.16 bits per heavy atom. The summed E-state index contributed by atoms with van der Waals surface area (Å²) in [6.07, 6.45) is 4.03. The van der Waals surface area contributed by atoms with E-state index in [1.54, 1.807) is 19.5 Å². The molecule has 0 bridgehead atoms. The second kappa shape index (κ2) is 8.43. The summed E-state index contributed by atoms with van der Waals surface area (Å²) < 4.78 is 16.0. The second-order valence-electron chi connectivity index (χ2n) is 7.84. The third-order valence-electron chi connectivity index (χ3n) is 5.84. The van der Waals surface area contributed by atoms with E-state index in [2.05, 4.69) is 10.7 Å². The first-order valence-corrected chi connectivity index (χ1v) is 10.4. The maximum absolute atomic E-state index is 13.0. The van der Waals surface area contributed by atoms with Crippen molar-refractivity contribution in [2.45, 2.75) is 25.0 Å². The smallest absolute Gasteiger partial charge is 0.251 e. The van der Waals surface area contributed by atoms with Crippen molar-refractivity contribution < 1.29 is 23.8 Å². The minimum atomic E-state index is -0.371. The number of nitrogens with one attached hydrogen (secondary N) is 2. The number of hydrogen-bond donors (Lipinski definition) is 2. The number of fused-ring (bicyclic) bond motifs is 2. The first kappa shape index (κ1) is 20.2. The molecule has 0 aromatic heterocycles. The lowest BCUT2D eigenvalue weighted by molar-refractivity contribution is -0.138. The van der Waals surface area contributed by atoms with E-state index in [1.807, 2.05) is 47.5 Å². The van der Waals surface area contributed by atoms with Crippen molar-refractivity contribution in [1.29, 1.82) is 0 Å². The largest absolute Gasteiger partial charge is 0.497 e. The van der Waals surface area contributed by atoms with Crippen molar-refractivity contribution in [2.75, 3.05) is 20.4 Å². The molecule has 3 aliphatic heterocycles. The van der Waals surface area contributed by atoms with Gasteiger partial charge in [0.2, 0.25) is 12.7 Å². The third-order valence-corrected chi connectivity index (χ3v) is 5.84. The van der Waals surface area contributed by atoms with Crippen molar-refractivity contribution >= 4 is 11.8 Å². The Morgan fingerprint density at radius 2 is 1.97 bits per heavy atom. The summed E-state index contributed by atoms with van der Waals surface area (Å²) in [5, 5.41) is 4.67. The summed E-state index contributed by atoms with van der Waals surface area (Å²) in [6.45, 7) is 0.588. The van der Waals surface area contributed by atoms with Crippen LogP contribution in [-0.4, -0.2) is 48.2 Å². The molecule has 3 aliphatic rings. The number of rotatable bonds is 6. The summed E-state index contributed by atoms with van der Waals surface area (Å²) in [5.74, 6) is 1.88. The lowest BCUT2D eigenvalue weighted by atomic mass is 10.0. The Kier molecular flexibility index (Phi) is 5.32. The highest BCUT2D eigenvalue weighted by molar-refractivity contribution is 5.89. The van der Waals surface area contributed by atoms with Gasteiger partial charge in [0.25, 0.3) is 5.91 Å². The van der Waals surface area contributed by atoms with Gasteiger partial charge in [-0.3, -0.25) is 9.59 Å². The highest BCUT2D eigenvalue weighted by atomic mass is 16.7. The molecule has 2 N–H and O–H groups in total. The fraction of sp³-hybridized carbons (Fsp3) is 0.304. The standard InChI is InChI=1S/C23H24N4O5/c1-30-17-5-2-15(3-6-17)12-24-22(28)13-26-8-9-27-19(23(26)29)11-18(25-27)16-4-7-20-21(10-16)32-14-31-20/h2-10,18-19,25H,11-14H2,1H3,(H,24,28). The SMILES string of the molecule is COc1ccc(CNC(=O)CN2C=CN3NC(c4ccc5c(c4)OCO5)CC3C2=O)cc1. The van der Waals surface area contributed by atoms with Crippen LogP contribution in [0.5, 0.6) is 17.2 Å². The number of amides is 2. The molecule has 2 unspecified atom stereocenters. The predicted molar refractivity (Wildman–Crippen MR) is 114 cm³/mol. The molecule has 0 radical (unpaired) electrons. The van der Waals surface area contributed by atoms with E-state index in [1.165, 1.54) is 4.90 Å². The molecule has 0 spiro atoms. The zero-order valence-electron chi connectivity index (χ0n) is 17.6. The Hall–Kier alpha value is -3.72. The maximum atomic E-state index is 13.0. The van der Waals surface area contributed by atoms with Gasteiger partial charge in [-0.05, 0) is 41.8 Å². The Morgan fingerprint density at radius 3 is 2.78 bits per heavy atom. The lowest BCUT2D eigenvalue weighted by Crippen LogP contribution is -2.50. The van der Waals surface area contributed by atoms with E-state index >= 15 is 0 Å². The van der Waals surface area contributed by atoms with E-state index < -0.39 is 0 Å². The molecule has 2 amide bonds. The van der Waals surface area contributed by atoms with Gasteiger partial charge in [-0.2, -0.15) is 0 Å². The van der Waals surface area contributed by atoms with E-state index in [4.69, 9.17) is 14.2 Å². The van der Waals surface area contributed by atoms with Gasteiger partial charge in [0.05, 0.1) is 13.2 Å². The molecular formula is C23H24N4O5. The minimum Gasteiger partial charge on any atom is -0.497 e. The molecule has 9 nitrogen and oxygen atoms in total. The molecule has 2 aromatic rings. The van der Waals surface area contributed by atoms with Crippen LogP contribution in [0.3, 0.4) is 0 Å². The van der Waals surface area contributed by atoms with Crippen LogP contribution in [-0.2, 0) is 16.1 Å². The highest BCUT2D eigenvalue weighted by Crippen LogP contribution is 2.37. The summed E-state index contributed by atoms with van der Waals surface area (Å²) in [5.41, 5.74) is 5.33. The minimum absolute atomic E-state index is 0.0233. The molecule has 32 heavy (non-hydrogen) atoms. The number of hydrogen-bond acceptors (Lipinski definition) is 7. The van der Waals surface area contributed by atoms with E-state index in [0.29, 0.717) is 18.7 Å². The van der Waals surface area contributed by atoms with Gasteiger partial charge in [-0.1, -0.05) is 18.2 Å². The number of carbonyl (C=O) groups excluding carboxylic acids is 2. The van der Waals surface area contributed by atoms with Crippen molar-refractivity contribution in [3.63, 3.8) is 0 Å². The van der Waals surface area contributed by atoms with E-state index in [0.717, 1.165) is 22.6 Å². The van der Waals surface area contributed by atoms with Crippen LogP contribution in [0.15, 0.2) is 54.9 Å². The Bertz CT molecular complexity index is 1050. The molecule has 5 rings (SSSR count). The van der Waals surface area contributed by atoms with E-state index in [-0.39, 0.29) is 37.2 Å². The van der Waals surface area contributed by atoms with Gasteiger partial charge >= 0.3 is 0 Å². The average Bonchev–Trinajstić information content (AvgIpc) is 3.47. The van der Waals surface area contributed by atoms with Crippen LogP contribution in [0, 0.1) is 0 Å². The quantitative estimate of drug-likeness (QED) is 0.712. The Labute approximate surface area is 185 Å². The molecular weight excluding hydrogens is 412 g/mol. The highest BCUT2D eigenvalue weighted by Gasteiger charge is 2.40. The molecule has 2 atom stereocenters. The first-order valence-electron chi connectivity index (χ1n) is 10.4. The third kappa shape index (κ3) is 3.94. The van der Waals surface area contributed by atoms with Gasteiger partial charge in [-0.15, -0.1) is 0 Å². The molecule has 1 fully saturated rings. The molecule has 9 heteroatoms. The van der Waals surface area contributed by atoms with Crippen LogP contribution >= 0.6 is 0 Å². The molecule has 166 valence electrons. The summed E-state index contributed by atoms with van der Waals surface area (Å²) in [4.78, 5) is 26.9. The van der Waals surface area contributed by atoms with Gasteiger partial charge in [0.15, 0.2) is 11.5 Å². The average molecular weight is 436 g/mol. The van der Waals surface area contributed by atoms with Crippen molar-refractivity contribution in [1.82, 2.24) is 20.7 Å². The maximum Gasteiger partial charge on any atom is 0.251 e. The van der Waals surface area contributed by atoms with Crippen molar-refractivity contribution in [3.05, 3.63) is 66.0 Å². The van der Waals surface area contributed by atoms with Crippen molar-refractivity contribution in [2.24, 2.45) is 0 Å².